The summed E-state index contributed by atoms with van der Waals surface area (Å²) in [5.74, 6) is 0. The van der Waals surface area contributed by atoms with Crippen LogP contribution in [0.1, 0.15) is 31.1 Å². The van der Waals surface area contributed by atoms with E-state index in [2.05, 4.69) is 29.9 Å². The van der Waals surface area contributed by atoms with Crippen molar-refractivity contribution < 1.29 is 4.74 Å². The normalized spacial score (nSPS) is 20.6. The lowest BCUT2D eigenvalue weighted by Crippen LogP contribution is -2.18. The Kier molecular flexibility index (Phi) is 2.69. The Morgan fingerprint density at radius 3 is 3.12 bits per heavy atom. The van der Waals surface area contributed by atoms with Crippen LogP contribution in [0.3, 0.4) is 0 Å². The van der Waals surface area contributed by atoms with Gasteiger partial charge in [0.15, 0.2) is 6.23 Å². The Balaban J connectivity index is 2.02. The third-order valence-corrected chi connectivity index (χ3v) is 3.28. The first-order chi connectivity index (χ1) is 8.38. The Labute approximate surface area is 101 Å². The third-order valence-electron chi connectivity index (χ3n) is 3.28. The van der Waals surface area contributed by atoms with Crippen molar-refractivity contribution in [3.8, 4) is 0 Å². The minimum absolute atomic E-state index is 0.107. The van der Waals surface area contributed by atoms with E-state index in [4.69, 9.17) is 4.74 Å². The summed E-state index contributed by atoms with van der Waals surface area (Å²) >= 11 is 0. The van der Waals surface area contributed by atoms with Crippen molar-refractivity contribution in [1.29, 1.82) is 0 Å². The molecule has 0 radical (unpaired) electrons. The van der Waals surface area contributed by atoms with Crippen LogP contribution in [0, 0.1) is 0 Å². The first kappa shape index (κ1) is 10.5. The highest BCUT2D eigenvalue weighted by molar-refractivity contribution is 5.81. The standard InChI is InChI=1S/C14H16N2O/c1-2-11-6-7-13-12(9-11)10-15-16(13)14-5-3-4-8-17-14/h2,6-7,9-10,14H,1,3-5,8H2. The van der Waals surface area contributed by atoms with Gasteiger partial charge in [-0.25, -0.2) is 4.68 Å². The molecule has 0 aliphatic carbocycles. The highest BCUT2D eigenvalue weighted by Crippen LogP contribution is 2.26. The van der Waals surface area contributed by atoms with Gasteiger partial charge in [0.05, 0.1) is 11.7 Å². The summed E-state index contributed by atoms with van der Waals surface area (Å²) < 4.78 is 7.77. The minimum atomic E-state index is 0.107. The first-order valence-electron chi connectivity index (χ1n) is 6.10. The van der Waals surface area contributed by atoms with Gasteiger partial charge in [0.1, 0.15) is 0 Å². The molecule has 2 aromatic rings. The molecule has 17 heavy (non-hydrogen) atoms. The van der Waals surface area contributed by atoms with Gasteiger partial charge in [0.25, 0.3) is 0 Å². The maximum absolute atomic E-state index is 5.77. The molecule has 1 aromatic heterocycles. The molecule has 1 aromatic carbocycles. The fourth-order valence-electron chi connectivity index (χ4n) is 2.34. The Bertz CT molecular complexity index is 538. The highest BCUT2D eigenvalue weighted by Gasteiger charge is 2.18. The third kappa shape index (κ3) is 1.87. The maximum atomic E-state index is 5.77. The fourth-order valence-corrected chi connectivity index (χ4v) is 2.34. The zero-order valence-electron chi connectivity index (χ0n) is 9.80. The smallest absolute Gasteiger partial charge is 0.150 e. The van der Waals surface area contributed by atoms with Crippen LogP contribution in [0.4, 0.5) is 0 Å². The number of fused-ring (bicyclic) bond motifs is 1. The molecule has 0 bridgehead atoms. The van der Waals surface area contributed by atoms with E-state index in [1.807, 2.05) is 17.0 Å². The summed E-state index contributed by atoms with van der Waals surface area (Å²) in [6.07, 6.45) is 7.30. The highest BCUT2D eigenvalue weighted by atomic mass is 16.5. The van der Waals surface area contributed by atoms with Crippen LogP contribution < -0.4 is 0 Å². The second-order valence-electron chi connectivity index (χ2n) is 4.43. The van der Waals surface area contributed by atoms with Crippen molar-refractivity contribution in [2.45, 2.75) is 25.5 Å². The van der Waals surface area contributed by atoms with Gasteiger partial charge in [-0.1, -0.05) is 18.7 Å². The lowest BCUT2D eigenvalue weighted by molar-refractivity contribution is -0.0366. The van der Waals surface area contributed by atoms with E-state index >= 15 is 0 Å². The van der Waals surface area contributed by atoms with Gasteiger partial charge < -0.3 is 4.74 Å². The summed E-state index contributed by atoms with van der Waals surface area (Å²) in [6, 6.07) is 6.27. The molecule has 0 spiro atoms. The number of hydrogen-bond acceptors (Lipinski definition) is 2. The van der Waals surface area contributed by atoms with Crippen molar-refractivity contribution in [1.82, 2.24) is 9.78 Å². The average molecular weight is 228 g/mol. The van der Waals surface area contributed by atoms with E-state index in [9.17, 15) is 0 Å². The molecule has 3 heteroatoms. The molecule has 3 rings (SSSR count). The molecular formula is C14H16N2O. The predicted octanol–water partition coefficient (Wildman–Crippen LogP) is 3.38. The second-order valence-corrected chi connectivity index (χ2v) is 4.43. The van der Waals surface area contributed by atoms with Crippen molar-refractivity contribution in [3.05, 3.63) is 36.5 Å². The maximum Gasteiger partial charge on any atom is 0.150 e. The molecule has 0 saturated carbocycles. The van der Waals surface area contributed by atoms with Crippen LogP contribution in [0.5, 0.6) is 0 Å². The second kappa shape index (κ2) is 4.34. The van der Waals surface area contributed by atoms with Gasteiger partial charge in [-0.2, -0.15) is 5.10 Å². The van der Waals surface area contributed by atoms with Crippen LogP contribution >= 0.6 is 0 Å². The summed E-state index contributed by atoms with van der Waals surface area (Å²) in [4.78, 5) is 0. The quantitative estimate of drug-likeness (QED) is 0.788. The summed E-state index contributed by atoms with van der Waals surface area (Å²) in [5, 5.41) is 5.60. The van der Waals surface area contributed by atoms with E-state index < -0.39 is 0 Å². The molecule has 1 atom stereocenters. The van der Waals surface area contributed by atoms with Crippen molar-refractivity contribution in [2.24, 2.45) is 0 Å². The topological polar surface area (TPSA) is 27.1 Å². The zero-order valence-corrected chi connectivity index (χ0v) is 9.80. The van der Waals surface area contributed by atoms with Crippen molar-refractivity contribution in [3.63, 3.8) is 0 Å². The van der Waals surface area contributed by atoms with E-state index in [1.54, 1.807) is 0 Å². The number of ether oxygens (including phenoxy) is 1. The van der Waals surface area contributed by atoms with Crippen LogP contribution in [0.2, 0.25) is 0 Å². The summed E-state index contributed by atoms with van der Waals surface area (Å²) in [5.41, 5.74) is 2.27. The van der Waals surface area contributed by atoms with Crippen LogP contribution in [-0.4, -0.2) is 16.4 Å². The fraction of sp³-hybridized carbons (Fsp3) is 0.357. The molecule has 2 heterocycles. The van der Waals surface area contributed by atoms with Gasteiger partial charge in [-0.05, 0) is 37.0 Å². The predicted molar refractivity (Wildman–Crippen MR) is 68.7 cm³/mol. The molecule has 88 valence electrons. The number of nitrogens with zero attached hydrogens (tertiary/aromatic N) is 2. The van der Waals surface area contributed by atoms with Crippen molar-refractivity contribution >= 4 is 17.0 Å². The molecule has 1 unspecified atom stereocenters. The van der Waals surface area contributed by atoms with E-state index in [0.29, 0.717) is 0 Å². The van der Waals surface area contributed by atoms with Gasteiger partial charge in [-0.3, -0.25) is 0 Å². The SMILES string of the molecule is C=Cc1ccc2c(cnn2C2CCCCO2)c1. The zero-order chi connectivity index (χ0) is 11.7. The van der Waals surface area contributed by atoms with Crippen LogP contribution in [0.15, 0.2) is 31.0 Å². The Morgan fingerprint density at radius 2 is 2.35 bits per heavy atom. The molecule has 1 aliphatic heterocycles. The number of benzene rings is 1. The van der Waals surface area contributed by atoms with Crippen LogP contribution in [0.25, 0.3) is 17.0 Å². The largest absolute Gasteiger partial charge is 0.356 e. The van der Waals surface area contributed by atoms with Gasteiger partial charge >= 0.3 is 0 Å². The van der Waals surface area contributed by atoms with E-state index in [-0.39, 0.29) is 6.23 Å². The molecule has 1 saturated heterocycles. The number of hydrogen-bond donors (Lipinski definition) is 0. The lowest BCUT2D eigenvalue weighted by Gasteiger charge is -2.23. The Morgan fingerprint density at radius 1 is 1.41 bits per heavy atom. The summed E-state index contributed by atoms with van der Waals surface area (Å²) in [6.45, 7) is 4.63. The van der Waals surface area contributed by atoms with Gasteiger partial charge in [0.2, 0.25) is 0 Å². The molecule has 3 nitrogen and oxygen atoms in total. The monoisotopic (exact) mass is 228 g/mol. The average Bonchev–Trinajstić information content (AvgIpc) is 2.82. The van der Waals surface area contributed by atoms with Gasteiger partial charge in [0, 0.05) is 12.0 Å². The molecular weight excluding hydrogens is 212 g/mol. The first-order valence-corrected chi connectivity index (χ1v) is 6.10. The Hall–Kier alpha value is -1.61. The number of aromatic nitrogens is 2. The number of rotatable bonds is 2. The van der Waals surface area contributed by atoms with Crippen molar-refractivity contribution in [2.75, 3.05) is 6.61 Å². The van der Waals surface area contributed by atoms with E-state index in [0.717, 1.165) is 35.9 Å². The molecule has 1 fully saturated rings. The van der Waals surface area contributed by atoms with Crippen LogP contribution in [-0.2, 0) is 4.74 Å². The minimum Gasteiger partial charge on any atom is -0.356 e. The lowest BCUT2D eigenvalue weighted by atomic mass is 10.1. The molecule has 0 N–H and O–H groups in total. The summed E-state index contributed by atoms with van der Waals surface area (Å²) in [7, 11) is 0. The molecule has 0 amide bonds. The molecule has 1 aliphatic rings. The van der Waals surface area contributed by atoms with Gasteiger partial charge in [-0.15, -0.1) is 0 Å². The van der Waals surface area contributed by atoms with E-state index in [1.165, 1.54) is 6.42 Å².